The van der Waals surface area contributed by atoms with Crippen LogP contribution in [0.1, 0.15) is 62.5 Å². The second-order valence-corrected chi connectivity index (χ2v) is 8.02. The Morgan fingerprint density at radius 3 is 2.69 bits per heavy atom. The molecule has 142 valence electrons. The summed E-state index contributed by atoms with van der Waals surface area (Å²) in [6.07, 6.45) is 8.83. The molecule has 5 heteroatoms. The fraction of sp³-hybridized carbons (Fsp3) is 0.619. The monoisotopic (exact) mass is 359 g/mol. The number of nitrogens with zero attached hydrogens (tertiary/aromatic N) is 2. The van der Waals surface area contributed by atoms with Crippen LogP contribution in [0.15, 0.2) is 23.2 Å². The van der Waals surface area contributed by atoms with E-state index in [4.69, 9.17) is 5.73 Å². The van der Waals surface area contributed by atoms with Crippen molar-refractivity contribution < 1.29 is 9.18 Å². The van der Waals surface area contributed by atoms with Gasteiger partial charge in [-0.2, -0.15) is 0 Å². The number of likely N-dealkylation sites (N-methyl/N-ethyl adjacent to an activating group) is 1. The fourth-order valence-corrected chi connectivity index (χ4v) is 4.49. The van der Waals surface area contributed by atoms with Gasteiger partial charge in [0.15, 0.2) is 5.96 Å². The molecule has 1 aliphatic heterocycles. The molecule has 1 fully saturated rings. The first-order chi connectivity index (χ1) is 12.4. The maximum Gasteiger partial charge on any atom is 0.257 e. The number of aliphatic imine (C=N–C) groups is 1. The Hall–Kier alpha value is -1.91. The summed E-state index contributed by atoms with van der Waals surface area (Å²) in [4.78, 5) is 19.0. The van der Waals surface area contributed by atoms with E-state index in [1.54, 1.807) is 13.1 Å². The van der Waals surface area contributed by atoms with Crippen molar-refractivity contribution >= 4 is 11.9 Å². The first kappa shape index (κ1) is 18.9. The molecule has 0 aromatic heterocycles. The summed E-state index contributed by atoms with van der Waals surface area (Å²) in [5.41, 5.74) is 6.99. The van der Waals surface area contributed by atoms with Crippen LogP contribution in [0.25, 0.3) is 0 Å². The molecule has 2 aliphatic rings. The van der Waals surface area contributed by atoms with E-state index in [1.165, 1.54) is 43.1 Å². The summed E-state index contributed by atoms with van der Waals surface area (Å²) < 4.78 is 14.0. The Labute approximate surface area is 155 Å². The van der Waals surface area contributed by atoms with E-state index in [1.807, 2.05) is 13.0 Å². The van der Waals surface area contributed by atoms with Crippen molar-refractivity contribution in [3.8, 4) is 0 Å². The third-order valence-electron chi connectivity index (χ3n) is 5.96. The normalized spacial score (nSPS) is 24.2. The highest BCUT2D eigenvalue weighted by Crippen LogP contribution is 2.38. The maximum absolute atomic E-state index is 14.0. The van der Waals surface area contributed by atoms with E-state index in [0.717, 1.165) is 18.4 Å². The zero-order chi connectivity index (χ0) is 18.7. The number of carbonyl (C=O) groups is 1. The molecule has 26 heavy (non-hydrogen) atoms. The quantitative estimate of drug-likeness (QED) is 0.836. The number of carbonyl (C=O) groups excluding carboxylic acids is 1. The van der Waals surface area contributed by atoms with Crippen LogP contribution in [0, 0.1) is 18.7 Å². The van der Waals surface area contributed by atoms with Crippen molar-refractivity contribution in [3.05, 3.63) is 35.1 Å². The average molecular weight is 359 g/mol. The minimum Gasteiger partial charge on any atom is -0.369 e. The number of halogens is 1. The van der Waals surface area contributed by atoms with Gasteiger partial charge < -0.3 is 5.73 Å². The predicted molar refractivity (Wildman–Crippen MR) is 102 cm³/mol. The lowest BCUT2D eigenvalue weighted by Gasteiger charge is -2.31. The molecule has 0 radical (unpaired) electrons. The minimum atomic E-state index is -0.749. The topological polar surface area (TPSA) is 58.7 Å². The van der Waals surface area contributed by atoms with Crippen LogP contribution in [-0.2, 0) is 11.2 Å². The molecule has 4 nitrogen and oxygen atoms in total. The van der Waals surface area contributed by atoms with Crippen LogP contribution in [0.5, 0.6) is 0 Å². The van der Waals surface area contributed by atoms with E-state index in [9.17, 15) is 9.18 Å². The molecule has 1 amide bonds. The second-order valence-electron chi connectivity index (χ2n) is 8.02. The Kier molecular flexibility index (Phi) is 5.64. The number of hydrogen-bond donors (Lipinski definition) is 1. The number of nitrogens with two attached hydrogens (primary N) is 1. The molecule has 1 aromatic rings. The van der Waals surface area contributed by atoms with E-state index < -0.39 is 5.54 Å². The molecule has 1 unspecified atom stereocenters. The molecule has 2 N–H and O–H groups in total. The van der Waals surface area contributed by atoms with Gasteiger partial charge in [0.25, 0.3) is 5.91 Å². The minimum absolute atomic E-state index is 0.00490. The van der Waals surface area contributed by atoms with Gasteiger partial charge in [0, 0.05) is 7.05 Å². The maximum atomic E-state index is 14.0. The molecule has 0 bridgehead atoms. The molecule has 1 aromatic carbocycles. The fourth-order valence-electron chi connectivity index (χ4n) is 4.49. The molecular weight excluding hydrogens is 329 g/mol. The summed E-state index contributed by atoms with van der Waals surface area (Å²) in [5.74, 6) is 0.680. The van der Waals surface area contributed by atoms with Crippen LogP contribution < -0.4 is 5.73 Å². The lowest BCUT2D eigenvalue weighted by atomic mass is 9.77. The van der Waals surface area contributed by atoms with Crippen LogP contribution in [0.4, 0.5) is 4.39 Å². The lowest BCUT2D eigenvalue weighted by Crippen LogP contribution is -2.43. The van der Waals surface area contributed by atoms with Gasteiger partial charge in [0.1, 0.15) is 11.4 Å². The summed E-state index contributed by atoms with van der Waals surface area (Å²) >= 11 is 0. The van der Waals surface area contributed by atoms with Gasteiger partial charge in [-0.15, -0.1) is 0 Å². The summed E-state index contributed by atoms with van der Waals surface area (Å²) in [5, 5.41) is 0. The van der Waals surface area contributed by atoms with Crippen molar-refractivity contribution in [3.63, 3.8) is 0 Å². The number of hydrogen-bond acceptors (Lipinski definition) is 3. The van der Waals surface area contributed by atoms with Gasteiger partial charge in [-0.1, -0.05) is 49.8 Å². The molecular formula is C21H30FN3O. The van der Waals surface area contributed by atoms with Gasteiger partial charge in [-0.25, -0.2) is 9.38 Å². The highest BCUT2D eigenvalue weighted by Gasteiger charge is 2.47. The van der Waals surface area contributed by atoms with Crippen molar-refractivity contribution in [1.82, 2.24) is 4.90 Å². The van der Waals surface area contributed by atoms with Gasteiger partial charge in [0.2, 0.25) is 0 Å². The van der Waals surface area contributed by atoms with Gasteiger partial charge >= 0.3 is 0 Å². The van der Waals surface area contributed by atoms with E-state index in [-0.39, 0.29) is 11.7 Å². The Balaban J connectivity index is 1.72. The number of amides is 1. The van der Waals surface area contributed by atoms with E-state index in [0.29, 0.717) is 30.3 Å². The molecule has 1 atom stereocenters. The van der Waals surface area contributed by atoms with Crippen molar-refractivity contribution in [2.45, 2.75) is 70.3 Å². The smallest absolute Gasteiger partial charge is 0.257 e. The molecule has 0 saturated heterocycles. The van der Waals surface area contributed by atoms with Crippen LogP contribution in [-0.4, -0.2) is 29.4 Å². The van der Waals surface area contributed by atoms with Crippen LogP contribution >= 0.6 is 0 Å². The summed E-state index contributed by atoms with van der Waals surface area (Å²) in [7, 11) is 1.70. The molecule has 1 aliphatic carbocycles. The molecule has 1 saturated carbocycles. The van der Waals surface area contributed by atoms with Crippen LogP contribution in [0.3, 0.4) is 0 Å². The Bertz CT molecular complexity index is 696. The third-order valence-corrected chi connectivity index (χ3v) is 5.96. The van der Waals surface area contributed by atoms with Crippen molar-refractivity contribution in [2.75, 3.05) is 7.05 Å². The van der Waals surface area contributed by atoms with Crippen LogP contribution in [0.2, 0.25) is 0 Å². The third kappa shape index (κ3) is 3.92. The highest BCUT2D eigenvalue weighted by molar-refractivity contribution is 6.06. The molecule has 3 rings (SSSR count). The zero-order valence-electron chi connectivity index (χ0n) is 15.9. The highest BCUT2D eigenvalue weighted by atomic mass is 19.1. The Morgan fingerprint density at radius 2 is 2.04 bits per heavy atom. The SMILES string of the molecule is Cc1ccc(F)c(CCCC2(CC3CCCCC3)N=C(N)N(C)C2=O)c1. The van der Waals surface area contributed by atoms with Gasteiger partial charge in [-0.3, -0.25) is 9.69 Å². The van der Waals surface area contributed by atoms with Crippen molar-refractivity contribution in [2.24, 2.45) is 16.6 Å². The summed E-state index contributed by atoms with van der Waals surface area (Å²) in [6, 6.07) is 5.19. The predicted octanol–water partition coefficient (Wildman–Crippen LogP) is 3.95. The molecule has 0 spiro atoms. The average Bonchev–Trinajstić information content (AvgIpc) is 2.83. The van der Waals surface area contributed by atoms with Crippen molar-refractivity contribution in [1.29, 1.82) is 0 Å². The van der Waals surface area contributed by atoms with E-state index in [2.05, 4.69) is 4.99 Å². The number of aryl methyl sites for hydroxylation is 2. The second kappa shape index (κ2) is 7.77. The molecule has 1 heterocycles. The summed E-state index contributed by atoms with van der Waals surface area (Å²) in [6.45, 7) is 1.97. The van der Waals surface area contributed by atoms with E-state index >= 15 is 0 Å². The number of guanidine groups is 1. The first-order valence-corrected chi connectivity index (χ1v) is 9.80. The Morgan fingerprint density at radius 1 is 1.31 bits per heavy atom. The standard InChI is InChI=1S/C21H30FN3O/c1-15-10-11-18(22)17(13-15)9-6-12-21(14-16-7-4-3-5-8-16)19(26)25(2)20(23)24-21/h10-11,13,16H,3-9,12,14H2,1-2H3,(H2,23,24). The van der Waals surface area contributed by atoms with Gasteiger partial charge in [0.05, 0.1) is 0 Å². The lowest BCUT2D eigenvalue weighted by molar-refractivity contribution is -0.131. The van der Waals surface area contributed by atoms with Gasteiger partial charge in [-0.05, 0) is 50.2 Å². The largest absolute Gasteiger partial charge is 0.369 e. The first-order valence-electron chi connectivity index (χ1n) is 9.80. The number of benzene rings is 1. The number of rotatable bonds is 6. The zero-order valence-corrected chi connectivity index (χ0v) is 15.9.